The molecule has 23 heavy (non-hydrogen) atoms. The van der Waals surface area contributed by atoms with Crippen LogP contribution < -0.4 is 0 Å². The molecule has 2 aromatic carbocycles. The lowest BCUT2D eigenvalue weighted by atomic mass is 9.93. The predicted molar refractivity (Wildman–Crippen MR) is 84.2 cm³/mol. The number of rotatable bonds is 1. The van der Waals surface area contributed by atoms with Crippen molar-refractivity contribution in [3.8, 4) is 11.1 Å². The van der Waals surface area contributed by atoms with Gasteiger partial charge in [0.25, 0.3) is 0 Å². The normalized spacial score (nSPS) is 11.5. The largest absolute Gasteiger partial charge is 0.203 e. The average Bonchev–Trinajstić information content (AvgIpc) is 3.02. The van der Waals surface area contributed by atoms with E-state index in [1.54, 1.807) is 19.2 Å². The molecule has 0 saturated carbocycles. The first kappa shape index (κ1) is 16.4. The molecule has 0 atom stereocenters. The third-order valence-electron chi connectivity index (χ3n) is 3.85. The average molecular weight is 407 g/mol. The molecular weight excluding hydrogens is 399 g/mol. The lowest BCUT2D eigenvalue weighted by molar-refractivity contribution is 0.381. The highest BCUT2D eigenvalue weighted by Gasteiger charge is 2.29. The molecule has 0 fully saturated rings. The van der Waals surface area contributed by atoms with Crippen LogP contribution in [0.2, 0.25) is 0 Å². The van der Waals surface area contributed by atoms with E-state index < -0.39 is 34.6 Å². The highest BCUT2D eigenvalue weighted by atomic mass is 79.9. The van der Waals surface area contributed by atoms with E-state index in [-0.39, 0.29) is 5.56 Å². The van der Waals surface area contributed by atoms with E-state index in [1.165, 1.54) is 11.3 Å². The first-order chi connectivity index (χ1) is 10.8. The van der Waals surface area contributed by atoms with Crippen LogP contribution in [-0.4, -0.2) is 0 Å². The molecule has 0 amide bonds. The first-order valence-electron chi connectivity index (χ1n) is 6.43. The van der Waals surface area contributed by atoms with Gasteiger partial charge in [-0.05, 0) is 62.4 Å². The van der Waals surface area contributed by atoms with E-state index in [9.17, 15) is 22.0 Å². The van der Waals surface area contributed by atoms with Gasteiger partial charge in [-0.1, -0.05) is 0 Å². The standard InChI is InChI=1S/C16H8BrF5S/c1-5-7-3-23-4-8(7)6(2)11(17)9(5)10-12(18)14(20)16(22)15(21)13(10)19/h3-4H,1-2H3. The Hall–Kier alpha value is -1.47. The number of benzene rings is 2. The third-order valence-corrected chi connectivity index (χ3v) is 5.59. The van der Waals surface area contributed by atoms with Gasteiger partial charge in [0.15, 0.2) is 23.3 Å². The van der Waals surface area contributed by atoms with Gasteiger partial charge in [-0.25, -0.2) is 22.0 Å². The van der Waals surface area contributed by atoms with Crippen molar-refractivity contribution in [3.63, 3.8) is 0 Å². The van der Waals surface area contributed by atoms with E-state index >= 15 is 0 Å². The Bertz CT molecular complexity index is 932. The van der Waals surface area contributed by atoms with E-state index in [1.807, 2.05) is 5.38 Å². The predicted octanol–water partition coefficient (Wildman–Crippen LogP) is 6.64. The molecule has 3 aromatic rings. The van der Waals surface area contributed by atoms with E-state index in [2.05, 4.69) is 15.9 Å². The van der Waals surface area contributed by atoms with Crippen LogP contribution in [-0.2, 0) is 0 Å². The van der Waals surface area contributed by atoms with Crippen LogP contribution in [0.3, 0.4) is 0 Å². The maximum atomic E-state index is 14.2. The van der Waals surface area contributed by atoms with Gasteiger partial charge in [-0.3, -0.25) is 0 Å². The summed E-state index contributed by atoms with van der Waals surface area (Å²) in [4.78, 5) is 0. The fourth-order valence-corrected chi connectivity index (χ4v) is 4.26. The molecule has 1 heterocycles. The molecule has 0 spiro atoms. The summed E-state index contributed by atoms with van der Waals surface area (Å²) in [6.07, 6.45) is 0. The Balaban J connectivity index is 2.53. The minimum atomic E-state index is -2.16. The summed E-state index contributed by atoms with van der Waals surface area (Å²) in [6, 6.07) is 0. The maximum absolute atomic E-state index is 14.2. The van der Waals surface area contributed by atoms with Crippen molar-refractivity contribution < 1.29 is 22.0 Å². The van der Waals surface area contributed by atoms with Crippen LogP contribution >= 0.6 is 27.3 Å². The van der Waals surface area contributed by atoms with Gasteiger partial charge in [0.05, 0.1) is 5.56 Å². The molecule has 0 N–H and O–H groups in total. The summed E-state index contributed by atoms with van der Waals surface area (Å²) in [5.74, 6) is -9.73. The highest BCUT2D eigenvalue weighted by molar-refractivity contribution is 9.10. The van der Waals surface area contributed by atoms with Gasteiger partial charge < -0.3 is 0 Å². The molecule has 0 nitrogen and oxygen atoms in total. The van der Waals surface area contributed by atoms with Gasteiger partial charge >= 0.3 is 0 Å². The van der Waals surface area contributed by atoms with Crippen molar-refractivity contribution in [3.05, 3.63) is 55.4 Å². The van der Waals surface area contributed by atoms with Crippen molar-refractivity contribution in [2.24, 2.45) is 0 Å². The van der Waals surface area contributed by atoms with Crippen molar-refractivity contribution in [2.45, 2.75) is 13.8 Å². The Kier molecular flexibility index (Phi) is 3.96. The summed E-state index contributed by atoms with van der Waals surface area (Å²) in [5, 5.41) is 5.23. The second kappa shape index (κ2) is 5.56. The monoisotopic (exact) mass is 406 g/mol. The molecular formula is C16H8BrF5S. The molecule has 0 unspecified atom stereocenters. The number of hydrogen-bond donors (Lipinski definition) is 0. The fourth-order valence-electron chi connectivity index (χ4n) is 2.60. The van der Waals surface area contributed by atoms with E-state index in [0.29, 0.717) is 15.6 Å². The zero-order valence-corrected chi connectivity index (χ0v) is 14.2. The molecule has 0 aliphatic heterocycles. The van der Waals surface area contributed by atoms with Gasteiger partial charge in [0, 0.05) is 10.0 Å². The lowest BCUT2D eigenvalue weighted by Gasteiger charge is -2.16. The molecule has 0 radical (unpaired) electrons. The second-order valence-corrected chi connectivity index (χ2v) is 6.62. The Morgan fingerprint density at radius 1 is 0.696 bits per heavy atom. The molecule has 0 aliphatic carbocycles. The third kappa shape index (κ3) is 2.21. The number of halogens is 6. The zero-order chi connectivity index (χ0) is 17.0. The molecule has 0 saturated heterocycles. The molecule has 1 aromatic heterocycles. The van der Waals surface area contributed by atoms with Crippen molar-refractivity contribution >= 4 is 38.0 Å². The smallest absolute Gasteiger partial charge is 0.200 e. The molecule has 120 valence electrons. The quantitative estimate of drug-likeness (QED) is 0.241. The Morgan fingerprint density at radius 2 is 1.13 bits per heavy atom. The first-order valence-corrected chi connectivity index (χ1v) is 8.17. The van der Waals surface area contributed by atoms with Gasteiger partial charge in [-0.2, -0.15) is 11.3 Å². The van der Waals surface area contributed by atoms with Gasteiger partial charge in [-0.15, -0.1) is 0 Å². The SMILES string of the molecule is Cc1c(Br)c(-c2c(F)c(F)c(F)c(F)c2F)c(C)c2cscc12. The molecule has 3 rings (SSSR count). The number of hydrogen-bond acceptors (Lipinski definition) is 1. The number of fused-ring (bicyclic) bond motifs is 1. The summed E-state index contributed by atoms with van der Waals surface area (Å²) >= 11 is 4.64. The van der Waals surface area contributed by atoms with Crippen LogP contribution in [0.4, 0.5) is 22.0 Å². The molecule has 0 aliphatic rings. The highest BCUT2D eigenvalue weighted by Crippen LogP contribution is 2.43. The van der Waals surface area contributed by atoms with Crippen molar-refractivity contribution in [1.29, 1.82) is 0 Å². The Labute approximate surface area is 140 Å². The fraction of sp³-hybridized carbons (Fsp3) is 0.125. The molecule has 7 heteroatoms. The maximum Gasteiger partial charge on any atom is 0.200 e. The number of thiophene rings is 1. The molecule has 0 bridgehead atoms. The van der Waals surface area contributed by atoms with Crippen LogP contribution in [0.25, 0.3) is 21.9 Å². The van der Waals surface area contributed by atoms with Crippen LogP contribution in [0, 0.1) is 42.9 Å². The second-order valence-electron chi connectivity index (χ2n) is 5.08. The van der Waals surface area contributed by atoms with Gasteiger partial charge in [0.2, 0.25) is 5.82 Å². The van der Waals surface area contributed by atoms with Crippen LogP contribution in [0.1, 0.15) is 11.1 Å². The lowest BCUT2D eigenvalue weighted by Crippen LogP contribution is -2.05. The topological polar surface area (TPSA) is 0 Å². The summed E-state index contributed by atoms with van der Waals surface area (Å²) in [7, 11) is 0. The zero-order valence-electron chi connectivity index (χ0n) is 11.8. The minimum Gasteiger partial charge on any atom is -0.203 e. The Morgan fingerprint density at radius 3 is 1.65 bits per heavy atom. The van der Waals surface area contributed by atoms with E-state index in [0.717, 1.165) is 10.8 Å². The van der Waals surface area contributed by atoms with Crippen molar-refractivity contribution in [1.82, 2.24) is 0 Å². The summed E-state index contributed by atoms with van der Waals surface area (Å²) in [6.45, 7) is 3.31. The van der Waals surface area contributed by atoms with Crippen molar-refractivity contribution in [2.75, 3.05) is 0 Å². The minimum absolute atomic E-state index is 0.0267. The van der Waals surface area contributed by atoms with Crippen LogP contribution in [0.5, 0.6) is 0 Å². The van der Waals surface area contributed by atoms with Crippen LogP contribution in [0.15, 0.2) is 15.2 Å². The summed E-state index contributed by atoms with van der Waals surface area (Å²) in [5.41, 5.74) is 0.177. The van der Waals surface area contributed by atoms with Gasteiger partial charge in [0.1, 0.15) is 0 Å². The van der Waals surface area contributed by atoms with E-state index in [4.69, 9.17) is 0 Å². The number of aryl methyl sites for hydroxylation is 2. The summed E-state index contributed by atoms with van der Waals surface area (Å²) < 4.78 is 69.0.